The molecule has 3 aliphatic rings. The van der Waals surface area contributed by atoms with Crippen LogP contribution >= 0.6 is 0 Å². The topological polar surface area (TPSA) is 79.3 Å². The number of benzene rings is 2. The van der Waals surface area contributed by atoms with Crippen molar-refractivity contribution in [2.24, 2.45) is 0 Å². The number of hydrogen-bond acceptors (Lipinski definition) is 7. The lowest BCUT2D eigenvalue weighted by molar-refractivity contribution is 0.0374. The van der Waals surface area contributed by atoms with Gasteiger partial charge in [-0.05, 0) is 45.0 Å². The summed E-state index contributed by atoms with van der Waals surface area (Å²) < 4.78 is 29.4. The molecule has 9 nitrogen and oxygen atoms in total. The van der Waals surface area contributed by atoms with Crippen LogP contribution in [0.4, 0.5) is 10.1 Å². The fraction of sp³-hybridized carbons (Fsp3) is 0.467. The fourth-order valence-corrected chi connectivity index (χ4v) is 5.90. The number of halogens is 1. The molecule has 3 aliphatic heterocycles. The molecule has 10 heteroatoms. The van der Waals surface area contributed by atoms with Gasteiger partial charge in [-0.25, -0.2) is 4.39 Å². The van der Waals surface area contributed by atoms with Crippen molar-refractivity contribution in [1.29, 1.82) is 0 Å². The van der Waals surface area contributed by atoms with E-state index in [0.717, 1.165) is 52.4 Å². The minimum absolute atomic E-state index is 0.0146. The summed E-state index contributed by atoms with van der Waals surface area (Å²) in [6, 6.07) is 9.10. The van der Waals surface area contributed by atoms with E-state index in [1.807, 2.05) is 29.2 Å². The van der Waals surface area contributed by atoms with E-state index in [1.165, 1.54) is 6.07 Å². The molecule has 40 heavy (non-hydrogen) atoms. The van der Waals surface area contributed by atoms with Gasteiger partial charge < -0.3 is 24.3 Å². The Bertz CT molecular complexity index is 1480. The lowest BCUT2D eigenvalue weighted by Gasteiger charge is -2.39. The van der Waals surface area contributed by atoms with Gasteiger partial charge in [0.05, 0.1) is 24.3 Å². The van der Waals surface area contributed by atoms with Crippen LogP contribution in [0.15, 0.2) is 41.3 Å². The second kappa shape index (κ2) is 11.2. The Morgan fingerprint density at radius 2 is 1.82 bits per heavy atom. The number of morpholine rings is 1. The molecule has 1 amide bonds. The van der Waals surface area contributed by atoms with Gasteiger partial charge in [0.25, 0.3) is 5.91 Å². The quantitative estimate of drug-likeness (QED) is 0.355. The Balaban J connectivity index is 1.34. The molecule has 3 aromatic rings. The summed E-state index contributed by atoms with van der Waals surface area (Å²) in [7, 11) is 0. The molecule has 2 fully saturated rings. The number of ether oxygens (including phenoxy) is 2. The number of hydrogen-bond donors (Lipinski definition) is 1. The molecule has 0 aliphatic carbocycles. The van der Waals surface area contributed by atoms with Crippen molar-refractivity contribution in [3.05, 3.63) is 58.1 Å². The van der Waals surface area contributed by atoms with Crippen molar-refractivity contribution in [2.75, 3.05) is 70.5 Å². The maximum Gasteiger partial charge on any atom is 0.256 e. The average Bonchev–Trinajstić information content (AvgIpc) is 2.97. The zero-order valence-electron chi connectivity index (χ0n) is 23.1. The summed E-state index contributed by atoms with van der Waals surface area (Å²) in [5.74, 6) is -0.116. The highest BCUT2D eigenvalue weighted by Crippen LogP contribution is 2.46. The number of piperazine rings is 1. The van der Waals surface area contributed by atoms with Crippen molar-refractivity contribution < 1.29 is 18.7 Å². The van der Waals surface area contributed by atoms with Crippen LogP contribution < -0.4 is 20.4 Å². The summed E-state index contributed by atoms with van der Waals surface area (Å²) in [5.41, 5.74) is 1.02. The lowest BCUT2D eigenvalue weighted by Crippen LogP contribution is -2.49. The van der Waals surface area contributed by atoms with E-state index < -0.39 is 17.2 Å². The van der Waals surface area contributed by atoms with Crippen molar-refractivity contribution in [3.63, 3.8) is 0 Å². The third kappa shape index (κ3) is 4.95. The first kappa shape index (κ1) is 26.7. The molecule has 6 rings (SSSR count). The van der Waals surface area contributed by atoms with Gasteiger partial charge in [0.15, 0.2) is 17.3 Å². The number of fused-ring (bicyclic) bond motifs is 2. The predicted octanol–water partition coefficient (Wildman–Crippen LogP) is 3.22. The standard InChI is InChI=1S/C30H36FN5O4/c1-20(2)34-10-12-35(13-11-34)27-23(31)18-21-26-29(27)40-25-7-4-3-6-24(25)36(26)19-22(28(21)37)30(38)32-8-5-9-33-14-16-39-17-15-33/h3-4,6-7,18-20H,5,8-17H2,1-2H3,(H,32,38). The van der Waals surface area contributed by atoms with E-state index in [9.17, 15) is 9.59 Å². The fourth-order valence-electron chi connectivity index (χ4n) is 5.90. The first-order valence-corrected chi connectivity index (χ1v) is 14.2. The molecule has 1 aromatic heterocycles. The number of aromatic nitrogens is 1. The predicted molar refractivity (Wildman–Crippen MR) is 153 cm³/mol. The summed E-state index contributed by atoms with van der Waals surface area (Å²) in [6.07, 6.45) is 2.33. The summed E-state index contributed by atoms with van der Waals surface area (Å²) in [4.78, 5) is 33.5. The monoisotopic (exact) mass is 549 g/mol. The normalized spacial score (nSPS) is 17.6. The molecule has 0 spiro atoms. The molecule has 1 N–H and O–H groups in total. The minimum Gasteiger partial charge on any atom is -0.451 e. The minimum atomic E-state index is -0.522. The van der Waals surface area contributed by atoms with E-state index in [-0.39, 0.29) is 10.9 Å². The number of nitrogens with zero attached hydrogens (tertiary/aromatic N) is 4. The third-order valence-electron chi connectivity index (χ3n) is 8.15. The summed E-state index contributed by atoms with van der Waals surface area (Å²) in [6.45, 7) is 11.7. The van der Waals surface area contributed by atoms with Gasteiger partial charge in [-0.3, -0.25) is 19.4 Å². The van der Waals surface area contributed by atoms with Gasteiger partial charge in [-0.1, -0.05) is 12.1 Å². The first-order valence-electron chi connectivity index (χ1n) is 14.2. The number of anilines is 1. The van der Waals surface area contributed by atoms with Crippen molar-refractivity contribution in [2.45, 2.75) is 26.3 Å². The summed E-state index contributed by atoms with van der Waals surface area (Å²) in [5, 5.41) is 3.03. The zero-order valence-corrected chi connectivity index (χ0v) is 23.1. The molecular weight excluding hydrogens is 513 g/mol. The largest absolute Gasteiger partial charge is 0.451 e. The van der Waals surface area contributed by atoms with Gasteiger partial charge in [-0.15, -0.1) is 0 Å². The van der Waals surface area contributed by atoms with Crippen LogP contribution in [0, 0.1) is 5.82 Å². The van der Waals surface area contributed by atoms with E-state index in [4.69, 9.17) is 9.47 Å². The summed E-state index contributed by atoms with van der Waals surface area (Å²) >= 11 is 0. The maximum absolute atomic E-state index is 15.9. The van der Waals surface area contributed by atoms with Gasteiger partial charge >= 0.3 is 0 Å². The first-order chi connectivity index (χ1) is 19.4. The van der Waals surface area contributed by atoms with Crippen LogP contribution in [0.2, 0.25) is 0 Å². The smallest absolute Gasteiger partial charge is 0.256 e. The Morgan fingerprint density at radius 3 is 2.58 bits per heavy atom. The van der Waals surface area contributed by atoms with E-state index in [2.05, 4.69) is 29.0 Å². The highest BCUT2D eigenvalue weighted by atomic mass is 19.1. The molecule has 4 heterocycles. The Kier molecular flexibility index (Phi) is 7.48. The highest BCUT2D eigenvalue weighted by Gasteiger charge is 2.32. The molecule has 2 saturated heterocycles. The van der Waals surface area contributed by atoms with Gasteiger partial charge in [0.2, 0.25) is 5.43 Å². The SMILES string of the molecule is CC(C)N1CCN(c2c(F)cc3c(=O)c(C(=O)NCCCN4CCOCC4)cn4c3c2Oc2ccccc2-4)CC1. The number of rotatable bonds is 7. The lowest BCUT2D eigenvalue weighted by atomic mass is 10.0. The van der Waals surface area contributed by atoms with Crippen LogP contribution in [0.25, 0.3) is 16.6 Å². The van der Waals surface area contributed by atoms with Gasteiger partial charge in [-0.2, -0.15) is 0 Å². The molecule has 2 aromatic carbocycles. The molecular formula is C30H36FN5O4. The van der Waals surface area contributed by atoms with Crippen LogP contribution in [0.1, 0.15) is 30.6 Å². The van der Waals surface area contributed by atoms with Crippen molar-refractivity contribution in [1.82, 2.24) is 19.7 Å². The van der Waals surface area contributed by atoms with Crippen LogP contribution in [0.3, 0.4) is 0 Å². The molecule has 212 valence electrons. The average molecular weight is 550 g/mol. The molecule has 0 radical (unpaired) electrons. The number of pyridine rings is 1. The van der Waals surface area contributed by atoms with Crippen molar-refractivity contribution in [3.8, 4) is 17.2 Å². The van der Waals surface area contributed by atoms with E-state index in [0.29, 0.717) is 54.1 Å². The van der Waals surface area contributed by atoms with Gasteiger partial charge in [0, 0.05) is 58.1 Å². The number of amides is 1. The number of para-hydroxylation sites is 2. The Morgan fingerprint density at radius 1 is 1.07 bits per heavy atom. The molecule has 0 unspecified atom stereocenters. The Hall–Kier alpha value is -3.47. The van der Waals surface area contributed by atoms with E-state index in [1.54, 1.807) is 10.8 Å². The second-order valence-electron chi connectivity index (χ2n) is 10.9. The zero-order chi connectivity index (χ0) is 27.8. The van der Waals surface area contributed by atoms with Crippen molar-refractivity contribution >= 4 is 22.5 Å². The van der Waals surface area contributed by atoms with Crippen LogP contribution in [-0.4, -0.2) is 91.9 Å². The second-order valence-corrected chi connectivity index (χ2v) is 10.9. The number of nitrogens with one attached hydrogen (secondary N) is 1. The van der Waals surface area contributed by atoms with E-state index >= 15 is 4.39 Å². The molecule has 0 bridgehead atoms. The number of carbonyl (C=O) groups is 1. The third-order valence-corrected chi connectivity index (χ3v) is 8.15. The van der Waals surface area contributed by atoms with Crippen LogP contribution in [-0.2, 0) is 4.74 Å². The maximum atomic E-state index is 15.9. The number of carbonyl (C=O) groups excluding carboxylic acids is 1. The van der Waals surface area contributed by atoms with Crippen LogP contribution in [0.5, 0.6) is 11.5 Å². The molecule has 0 atom stereocenters. The molecule has 0 saturated carbocycles. The Labute approximate surface area is 233 Å². The van der Waals surface area contributed by atoms with Gasteiger partial charge in [0.1, 0.15) is 16.8 Å². The highest BCUT2D eigenvalue weighted by molar-refractivity contribution is 6.01.